The summed E-state index contributed by atoms with van der Waals surface area (Å²) in [5.74, 6) is 10.9. The summed E-state index contributed by atoms with van der Waals surface area (Å²) >= 11 is 6.17. The highest BCUT2D eigenvalue weighted by Crippen LogP contribution is 2.41. The van der Waals surface area contributed by atoms with E-state index in [9.17, 15) is 18.0 Å². The Morgan fingerprint density at radius 3 is 2.53 bits per heavy atom. The zero-order valence-electron chi connectivity index (χ0n) is 19.1. The molecule has 4 N–H and O–H groups in total. The number of imidazole rings is 1. The number of allylic oxidation sites excluding steroid dienone is 2. The summed E-state index contributed by atoms with van der Waals surface area (Å²) in [5, 5.41) is 0.117. The normalized spacial score (nSPS) is 13.8. The van der Waals surface area contributed by atoms with Crippen LogP contribution in [0.2, 0.25) is 5.02 Å². The van der Waals surface area contributed by atoms with Crippen molar-refractivity contribution in [2.75, 3.05) is 5.12 Å². The van der Waals surface area contributed by atoms with Crippen LogP contribution in [0.15, 0.2) is 48.8 Å². The van der Waals surface area contributed by atoms with Gasteiger partial charge in [0.1, 0.15) is 17.8 Å². The molecule has 0 spiro atoms. The number of fused-ring (bicyclic) bond motifs is 1. The van der Waals surface area contributed by atoms with Crippen molar-refractivity contribution in [3.8, 4) is 0 Å². The van der Waals surface area contributed by atoms with Crippen molar-refractivity contribution in [1.29, 1.82) is 0 Å². The second-order valence-corrected chi connectivity index (χ2v) is 8.81. The number of aldehydes is 1. The van der Waals surface area contributed by atoms with Crippen LogP contribution in [0.4, 0.5) is 18.9 Å². The Bertz CT molecular complexity index is 1300. The molecule has 2 aromatic heterocycles. The van der Waals surface area contributed by atoms with Crippen molar-refractivity contribution in [3.63, 3.8) is 0 Å². The minimum absolute atomic E-state index is 0.0558. The van der Waals surface area contributed by atoms with E-state index in [1.165, 1.54) is 6.07 Å². The van der Waals surface area contributed by atoms with E-state index < -0.39 is 23.3 Å². The van der Waals surface area contributed by atoms with Crippen LogP contribution in [0, 0.1) is 0 Å². The maximum absolute atomic E-state index is 13.8. The average Bonchev–Trinajstić information content (AvgIpc) is 2.98. The maximum Gasteiger partial charge on any atom is 0.418 e. The lowest BCUT2D eigenvalue weighted by Gasteiger charge is -2.22. The summed E-state index contributed by atoms with van der Waals surface area (Å²) in [6, 6.07) is 6.10. The highest BCUT2D eigenvalue weighted by Gasteiger charge is 2.36. The monoisotopic (exact) mass is 516 g/mol. The topological polar surface area (TPSA) is 103 Å². The van der Waals surface area contributed by atoms with Gasteiger partial charge in [-0.25, -0.2) is 21.8 Å². The molecule has 4 rings (SSSR count). The molecule has 1 aliphatic rings. The number of rotatable bonds is 8. The summed E-state index contributed by atoms with van der Waals surface area (Å²) in [4.78, 5) is 20.5. The first-order valence-electron chi connectivity index (χ1n) is 11.1. The molecule has 0 aliphatic heterocycles. The number of hydrogen-bond acceptors (Lipinski definition) is 6. The molecule has 0 bridgehead atoms. The van der Waals surface area contributed by atoms with Crippen molar-refractivity contribution in [1.82, 2.24) is 14.5 Å². The number of nitrogens with two attached hydrogens (primary N) is 2. The number of anilines is 1. The molecule has 1 aliphatic carbocycles. The zero-order chi connectivity index (χ0) is 25.9. The van der Waals surface area contributed by atoms with E-state index >= 15 is 0 Å². The van der Waals surface area contributed by atoms with Gasteiger partial charge in [-0.05, 0) is 60.4 Å². The standard InChI is InChI=1S/C25H24ClF3N6O/c26-20-14-17(13-19(25(27,28)29)23(20)35(30)31)12-18(8-11-36)24-33-21-4-2-1-3-5-22(21)34(24)15-16-6-9-32-10-7-16/h2-7,9-11,13-14,18H,1,8,12,15,30-31H2. The van der Waals surface area contributed by atoms with Gasteiger partial charge in [0.2, 0.25) is 0 Å². The van der Waals surface area contributed by atoms with Crippen LogP contribution < -0.4 is 16.8 Å². The fourth-order valence-corrected chi connectivity index (χ4v) is 4.66. The number of carbonyl (C=O) groups is 1. The van der Waals surface area contributed by atoms with Gasteiger partial charge < -0.3 is 9.36 Å². The predicted molar refractivity (Wildman–Crippen MR) is 133 cm³/mol. The molecular weight excluding hydrogens is 493 g/mol. The molecule has 7 nitrogen and oxygen atoms in total. The van der Waals surface area contributed by atoms with Gasteiger partial charge >= 0.3 is 6.18 Å². The summed E-state index contributed by atoms with van der Waals surface area (Å²) in [6.45, 7) is 0.455. The van der Waals surface area contributed by atoms with E-state index in [0.717, 1.165) is 35.7 Å². The van der Waals surface area contributed by atoms with Gasteiger partial charge in [-0.3, -0.25) is 4.98 Å². The predicted octanol–water partition coefficient (Wildman–Crippen LogP) is 4.90. The minimum atomic E-state index is -4.74. The van der Waals surface area contributed by atoms with E-state index in [0.29, 0.717) is 17.5 Å². The lowest BCUT2D eigenvalue weighted by atomic mass is 9.94. The van der Waals surface area contributed by atoms with Crippen LogP contribution in [-0.2, 0) is 23.9 Å². The first kappa shape index (κ1) is 25.6. The SMILES string of the molecule is NN(N)c1c(Cl)cc(CC(CC=O)c2nc3c(n2Cc2ccncc2)C=CCC=C3)cc1C(F)(F)F. The number of hydrazine groups is 2. The van der Waals surface area contributed by atoms with Crippen LogP contribution in [-0.4, -0.2) is 20.8 Å². The third-order valence-electron chi connectivity index (χ3n) is 5.89. The van der Waals surface area contributed by atoms with Crippen molar-refractivity contribution in [3.05, 3.63) is 87.7 Å². The molecule has 2 heterocycles. The van der Waals surface area contributed by atoms with E-state index in [-0.39, 0.29) is 23.4 Å². The Kier molecular flexibility index (Phi) is 7.58. The van der Waals surface area contributed by atoms with E-state index in [1.807, 2.05) is 41.0 Å². The quantitative estimate of drug-likeness (QED) is 0.251. The van der Waals surface area contributed by atoms with E-state index in [2.05, 4.69) is 4.98 Å². The average molecular weight is 517 g/mol. The Labute approximate surface area is 210 Å². The summed E-state index contributed by atoms with van der Waals surface area (Å²) in [5.41, 5.74) is 1.26. The summed E-state index contributed by atoms with van der Waals surface area (Å²) in [7, 11) is 0. The molecule has 11 heteroatoms. The number of pyridine rings is 1. The largest absolute Gasteiger partial charge is 0.418 e. The molecule has 1 unspecified atom stereocenters. The third-order valence-corrected chi connectivity index (χ3v) is 6.18. The van der Waals surface area contributed by atoms with Gasteiger partial charge in [0.05, 0.1) is 22.0 Å². The third kappa shape index (κ3) is 5.51. The number of benzene rings is 1. The Hall–Kier alpha value is -3.47. The fraction of sp³-hybridized carbons (Fsp3) is 0.240. The number of aromatic nitrogens is 3. The Morgan fingerprint density at radius 2 is 1.86 bits per heavy atom. The number of hydrogen-bond donors (Lipinski definition) is 2. The lowest BCUT2D eigenvalue weighted by molar-refractivity contribution is -0.137. The van der Waals surface area contributed by atoms with Crippen LogP contribution in [0.5, 0.6) is 0 Å². The second kappa shape index (κ2) is 10.7. The number of alkyl halides is 3. The van der Waals surface area contributed by atoms with Crippen molar-refractivity contribution >= 4 is 35.7 Å². The highest BCUT2D eigenvalue weighted by atomic mass is 35.5. The van der Waals surface area contributed by atoms with Gasteiger partial charge in [0, 0.05) is 31.3 Å². The van der Waals surface area contributed by atoms with Gasteiger partial charge in [-0.2, -0.15) is 13.2 Å². The number of carbonyl (C=O) groups excluding carboxylic acids is 1. The lowest BCUT2D eigenvalue weighted by Crippen LogP contribution is -2.39. The minimum Gasteiger partial charge on any atom is -0.323 e. The Balaban J connectivity index is 1.80. The molecule has 188 valence electrons. The van der Waals surface area contributed by atoms with E-state index in [4.69, 9.17) is 28.3 Å². The summed E-state index contributed by atoms with van der Waals surface area (Å²) < 4.78 is 43.4. The molecule has 0 fully saturated rings. The molecule has 3 aromatic rings. The number of nitrogens with zero attached hydrogens (tertiary/aromatic N) is 4. The van der Waals surface area contributed by atoms with Gasteiger partial charge in [-0.1, -0.05) is 23.8 Å². The highest BCUT2D eigenvalue weighted by molar-refractivity contribution is 6.33. The van der Waals surface area contributed by atoms with E-state index in [1.54, 1.807) is 12.4 Å². The van der Waals surface area contributed by atoms with Gasteiger partial charge in [0.15, 0.2) is 0 Å². The molecule has 0 radical (unpaired) electrons. The van der Waals surface area contributed by atoms with Crippen LogP contribution in [0.25, 0.3) is 12.2 Å². The molecule has 0 amide bonds. The number of halogens is 4. The first-order chi connectivity index (χ1) is 17.2. The molecule has 36 heavy (non-hydrogen) atoms. The zero-order valence-corrected chi connectivity index (χ0v) is 19.9. The molecule has 1 atom stereocenters. The second-order valence-electron chi connectivity index (χ2n) is 8.40. The van der Waals surface area contributed by atoms with Gasteiger partial charge in [-0.15, -0.1) is 0 Å². The van der Waals surface area contributed by atoms with Crippen molar-refractivity contribution in [2.45, 2.75) is 37.9 Å². The molecule has 0 saturated heterocycles. The van der Waals surface area contributed by atoms with Crippen LogP contribution in [0.1, 0.15) is 52.7 Å². The van der Waals surface area contributed by atoms with Crippen LogP contribution in [0.3, 0.4) is 0 Å². The summed E-state index contributed by atoms with van der Waals surface area (Å²) in [6.07, 6.45) is 8.14. The molecular formula is C25H24ClF3N6O. The van der Waals surface area contributed by atoms with Crippen molar-refractivity contribution < 1.29 is 18.0 Å². The van der Waals surface area contributed by atoms with Gasteiger partial charge in [0.25, 0.3) is 0 Å². The Morgan fingerprint density at radius 1 is 1.14 bits per heavy atom. The first-order valence-corrected chi connectivity index (χ1v) is 11.5. The van der Waals surface area contributed by atoms with Crippen LogP contribution >= 0.6 is 11.6 Å². The van der Waals surface area contributed by atoms with Crippen molar-refractivity contribution in [2.24, 2.45) is 11.7 Å². The smallest absolute Gasteiger partial charge is 0.323 e. The fourth-order valence-electron chi connectivity index (χ4n) is 4.32. The molecule has 0 saturated carbocycles. The maximum atomic E-state index is 13.8. The molecule has 1 aromatic carbocycles.